The first kappa shape index (κ1) is 16.7. The first-order valence-electron chi connectivity index (χ1n) is 7.88. The van der Waals surface area contributed by atoms with Crippen LogP contribution >= 0.6 is 12.2 Å². The second-order valence-electron chi connectivity index (χ2n) is 5.96. The highest BCUT2D eigenvalue weighted by molar-refractivity contribution is 7.80. The number of hydrogen-bond donors (Lipinski definition) is 2. The normalized spacial score (nSPS) is 15.3. The highest BCUT2D eigenvalue weighted by Gasteiger charge is 2.23. The van der Waals surface area contributed by atoms with E-state index in [1.54, 1.807) is 0 Å². The van der Waals surface area contributed by atoms with E-state index in [4.69, 9.17) is 17.3 Å². The molecule has 1 aromatic carbocycles. The smallest absolute Gasteiger partial charge is 0.322 e. The first-order valence-corrected chi connectivity index (χ1v) is 8.29. The molecule has 0 bridgehead atoms. The monoisotopic (exact) mass is 320 g/mol. The molecule has 1 saturated carbocycles. The van der Waals surface area contributed by atoms with Crippen LogP contribution in [0.15, 0.2) is 24.3 Å². The average molecular weight is 320 g/mol. The Morgan fingerprint density at radius 2 is 1.91 bits per heavy atom. The second kappa shape index (κ2) is 8.13. The Balaban J connectivity index is 2.07. The van der Waals surface area contributed by atoms with Gasteiger partial charge in [0.05, 0.1) is 0 Å². The zero-order valence-corrected chi connectivity index (χ0v) is 13.9. The maximum Gasteiger partial charge on any atom is 0.322 e. The minimum Gasteiger partial charge on any atom is -0.480 e. The summed E-state index contributed by atoms with van der Waals surface area (Å²) in [5.41, 5.74) is 2.44. The van der Waals surface area contributed by atoms with Gasteiger partial charge in [0, 0.05) is 12.6 Å². The van der Waals surface area contributed by atoms with E-state index >= 15 is 0 Å². The molecule has 0 aromatic heterocycles. The third-order valence-corrected chi connectivity index (χ3v) is 4.52. The van der Waals surface area contributed by atoms with Gasteiger partial charge >= 0.3 is 5.97 Å². The van der Waals surface area contributed by atoms with E-state index in [0.717, 1.165) is 19.4 Å². The summed E-state index contributed by atoms with van der Waals surface area (Å²) in [4.78, 5) is 12.9. The first-order chi connectivity index (χ1) is 10.6. The van der Waals surface area contributed by atoms with Crippen molar-refractivity contribution in [3.8, 4) is 0 Å². The number of carboxylic acid groups (broad SMARTS) is 1. The van der Waals surface area contributed by atoms with Crippen LogP contribution in [0.5, 0.6) is 0 Å². The summed E-state index contributed by atoms with van der Waals surface area (Å²) in [6, 6.07) is 8.84. The summed E-state index contributed by atoms with van der Waals surface area (Å²) in [7, 11) is 0. The summed E-state index contributed by atoms with van der Waals surface area (Å²) < 4.78 is 0. The molecule has 1 aliphatic rings. The zero-order valence-electron chi connectivity index (χ0n) is 13.0. The lowest BCUT2D eigenvalue weighted by Crippen LogP contribution is -2.47. The van der Waals surface area contributed by atoms with Crippen LogP contribution in [0.4, 0.5) is 0 Å². The molecular formula is C17H24N2O2S. The fourth-order valence-corrected chi connectivity index (χ4v) is 3.19. The van der Waals surface area contributed by atoms with Crippen LogP contribution in [0.3, 0.4) is 0 Å². The van der Waals surface area contributed by atoms with Crippen molar-refractivity contribution in [2.75, 3.05) is 6.54 Å². The van der Waals surface area contributed by atoms with Gasteiger partial charge in [-0.05, 0) is 37.5 Å². The summed E-state index contributed by atoms with van der Waals surface area (Å²) in [5, 5.41) is 12.3. The molecule has 0 radical (unpaired) electrons. The van der Waals surface area contributed by atoms with Crippen molar-refractivity contribution in [1.29, 1.82) is 0 Å². The number of nitrogens with zero attached hydrogens (tertiary/aromatic N) is 1. The van der Waals surface area contributed by atoms with Crippen LogP contribution in [-0.2, 0) is 11.3 Å². The molecule has 0 amide bonds. The van der Waals surface area contributed by atoms with Gasteiger partial charge in [-0.25, -0.2) is 0 Å². The van der Waals surface area contributed by atoms with E-state index in [1.807, 2.05) is 0 Å². The number of nitrogens with one attached hydrogen (secondary N) is 1. The van der Waals surface area contributed by atoms with Gasteiger partial charge in [-0.15, -0.1) is 0 Å². The number of carbonyl (C=O) groups is 1. The Morgan fingerprint density at radius 1 is 1.27 bits per heavy atom. The Morgan fingerprint density at radius 3 is 2.50 bits per heavy atom. The number of benzene rings is 1. The van der Waals surface area contributed by atoms with Crippen molar-refractivity contribution in [3.63, 3.8) is 0 Å². The lowest BCUT2D eigenvalue weighted by atomic mass is 9.94. The molecule has 2 N–H and O–H groups in total. The van der Waals surface area contributed by atoms with Crippen molar-refractivity contribution >= 4 is 23.3 Å². The molecule has 1 fully saturated rings. The van der Waals surface area contributed by atoms with Gasteiger partial charge in [0.25, 0.3) is 0 Å². The molecule has 120 valence electrons. The average Bonchev–Trinajstić information content (AvgIpc) is 2.53. The minimum atomic E-state index is -0.888. The van der Waals surface area contributed by atoms with E-state index < -0.39 is 5.97 Å². The SMILES string of the molecule is Cc1ccc(CN(C(=S)NCC(=O)O)C2CCCCC2)cc1. The lowest BCUT2D eigenvalue weighted by Gasteiger charge is -2.36. The van der Waals surface area contributed by atoms with Gasteiger partial charge in [-0.2, -0.15) is 0 Å². The number of rotatable bonds is 5. The summed E-state index contributed by atoms with van der Waals surface area (Å²) in [6.45, 7) is 2.67. The van der Waals surface area contributed by atoms with Crippen molar-refractivity contribution in [1.82, 2.24) is 10.2 Å². The highest BCUT2D eigenvalue weighted by atomic mass is 32.1. The maximum absolute atomic E-state index is 10.8. The molecule has 0 atom stereocenters. The van der Waals surface area contributed by atoms with E-state index in [-0.39, 0.29) is 6.54 Å². The van der Waals surface area contributed by atoms with Crippen LogP contribution in [0.2, 0.25) is 0 Å². The van der Waals surface area contributed by atoms with Crippen LogP contribution in [0.25, 0.3) is 0 Å². The number of thiocarbonyl (C=S) groups is 1. The van der Waals surface area contributed by atoms with E-state index in [2.05, 4.69) is 41.4 Å². The molecule has 22 heavy (non-hydrogen) atoms. The van der Waals surface area contributed by atoms with E-state index in [1.165, 1.54) is 30.4 Å². The van der Waals surface area contributed by atoms with Gasteiger partial charge in [-0.3, -0.25) is 4.79 Å². The maximum atomic E-state index is 10.8. The molecule has 5 heteroatoms. The quantitative estimate of drug-likeness (QED) is 0.817. The Kier molecular flexibility index (Phi) is 6.19. The number of aliphatic carboxylic acids is 1. The lowest BCUT2D eigenvalue weighted by molar-refractivity contribution is -0.135. The van der Waals surface area contributed by atoms with Crippen LogP contribution in [0, 0.1) is 6.92 Å². The predicted molar refractivity (Wildman–Crippen MR) is 91.8 cm³/mol. The third kappa shape index (κ3) is 4.98. The molecule has 1 aliphatic carbocycles. The van der Waals surface area contributed by atoms with Crippen LogP contribution in [-0.4, -0.2) is 33.7 Å². The van der Waals surface area contributed by atoms with E-state index in [0.29, 0.717) is 11.2 Å². The van der Waals surface area contributed by atoms with Crippen molar-refractivity contribution in [3.05, 3.63) is 35.4 Å². The summed E-state index contributed by atoms with van der Waals surface area (Å²) in [5.74, 6) is -0.888. The molecule has 0 heterocycles. The predicted octanol–water partition coefficient (Wildman–Crippen LogP) is 3.09. The summed E-state index contributed by atoms with van der Waals surface area (Å²) >= 11 is 5.45. The fraction of sp³-hybridized carbons (Fsp3) is 0.529. The number of carboxylic acids is 1. The van der Waals surface area contributed by atoms with E-state index in [9.17, 15) is 4.79 Å². The molecule has 1 aromatic rings. The van der Waals surface area contributed by atoms with Gasteiger partial charge in [0.15, 0.2) is 5.11 Å². The van der Waals surface area contributed by atoms with Gasteiger partial charge in [0.2, 0.25) is 0 Å². The molecule has 0 aliphatic heterocycles. The fourth-order valence-electron chi connectivity index (χ4n) is 2.90. The Hall–Kier alpha value is -1.62. The second-order valence-corrected chi connectivity index (χ2v) is 6.34. The largest absolute Gasteiger partial charge is 0.480 e. The van der Waals surface area contributed by atoms with Gasteiger partial charge in [-0.1, -0.05) is 49.1 Å². The van der Waals surface area contributed by atoms with Crippen molar-refractivity contribution in [2.45, 2.75) is 51.6 Å². The van der Waals surface area contributed by atoms with Crippen molar-refractivity contribution < 1.29 is 9.90 Å². The number of aryl methyl sites for hydroxylation is 1. The Labute approximate surface area is 137 Å². The van der Waals surface area contributed by atoms with Crippen LogP contribution < -0.4 is 5.32 Å². The molecule has 0 saturated heterocycles. The van der Waals surface area contributed by atoms with Crippen molar-refractivity contribution in [2.24, 2.45) is 0 Å². The third-order valence-electron chi connectivity index (χ3n) is 4.14. The standard InChI is InChI=1S/C17H24N2O2S/c1-13-7-9-14(10-8-13)12-19(15-5-3-2-4-6-15)17(22)18-11-16(20)21/h7-10,15H,2-6,11-12H2,1H3,(H,18,22)(H,20,21). The highest BCUT2D eigenvalue weighted by Crippen LogP contribution is 2.24. The topological polar surface area (TPSA) is 52.6 Å². The van der Waals surface area contributed by atoms with Gasteiger partial charge in [0.1, 0.15) is 6.54 Å². The molecule has 0 unspecified atom stereocenters. The van der Waals surface area contributed by atoms with Crippen LogP contribution in [0.1, 0.15) is 43.2 Å². The molecular weight excluding hydrogens is 296 g/mol. The Bertz CT molecular complexity index is 510. The van der Waals surface area contributed by atoms with Gasteiger partial charge < -0.3 is 15.3 Å². The summed E-state index contributed by atoms with van der Waals surface area (Å²) in [6.07, 6.45) is 5.97. The minimum absolute atomic E-state index is 0.129. The molecule has 4 nitrogen and oxygen atoms in total. The molecule has 2 rings (SSSR count). The zero-order chi connectivity index (χ0) is 15.9. The molecule has 0 spiro atoms. The number of hydrogen-bond acceptors (Lipinski definition) is 2.